The smallest absolute Gasteiger partial charge is 0.267 e. The second-order valence-electron chi connectivity index (χ2n) is 6.22. The molecule has 0 aliphatic heterocycles. The maximum atomic E-state index is 12.4. The third kappa shape index (κ3) is 5.41. The number of ether oxygens (including phenoxy) is 1. The molecule has 0 fully saturated rings. The summed E-state index contributed by atoms with van der Waals surface area (Å²) < 4.78 is 5.67. The summed E-state index contributed by atoms with van der Waals surface area (Å²) in [6.45, 7) is 6.39. The fraction of sp³-hybridized carbons (Fsp3) is 0.238. The fourth-order valence-corrected chi connectivity index (χ4v) is 2.72. The van der Waals surface area contributed by atoms with E-state index in [1.807, 2.05) is 45.0 Å². The first-order chi connectivity index (χ1) is 13.3. The number of hydrogen-bond acceptors (Lipinski definition) is 5. The molecule has 0 bridgehead atoms. The quantitative estimate of drug-likeness (QED) is 0.366. The van der Waals surface area contributed by atoms with E-state index in [0.717, 1.165) is 16.9 Å². The molecule has 146 valence electrons. The van der Waals surface area contributed by atoms with Crippen molar-refractivity contribution in [1.29, 1.82) is 5.26 Å². The molecule has 0 aromatic heterocycles. The van der Waals surface area contributed by atoms with Crippen LogP contribution in [0.25, 0.3) is 0 Å². The number of rotatable bonds is 7. The van der Waals surface area contributed by atoms with Gasteiger partial charge in [0.05, 0.1) is 23.4 Å². The van der Waals surface area contributed by atoms with Gasteiger partial charge in [-0.25, -0.2) is 0 Å². The van der Waals surface area contributed by atoms with Gasteiger partial charge in [0, 0.05) is 17.5 Å². The van der Waals surface area contributed by atoms with E-state index in [2.05, 4.69) is 10.6 Å². The summed E-state index contributed by atoms with van der Waals surface area (Å²) in [7, 11) is 0. The molecule has 4 N–H and O–H groups in total. The zero-order valence-corrected chi connectivity index (χ0v) is 16.8. The van der Waals surface area contributed by atoms with Crippen LogP contribution in [0.1, 0.15) is 31.0 Å². The van der Waals surface area contributed by atoms with E-state index in [4.69, 9.17) is 22.1 Å². The van der Waals surface area contributed by atoms with Gasteiger partial charge < -0.3 is 21.1 Å². The van der Waals surface area contributed by atoms with Crippen LogP contribution < -0.4 is 21.1 Å². The van der Waals surface area contributed by atoms with E-state index in [9.17, 15) is 10.1 Å². The summed E-state index contributed by atoms with van der Waals surface area (Å²) in [5.41, 5.74) is 8.50. The van der Waals surface area contributed by atoms with Crippen LogP contribution in [0, 0.1) is 18.3 Å². The number of hydrogen-bond donors (Lipinski definition) is 3. The summed E-state index contributed by atoms with van der Waals surface area (Å²) in [4.78, 5) is 12.4. The Hall–Kier alpha value is -3.17. The van der Waals surface area contributed by atoms with Gasteiger partial charge in [0.2, 0.25) is 0 Å². The van der Waals surface area contributed by atoms with Crippen molar-refractivity contribution in [2.24, 2.45) is 0 Å². The van der Waals surface area contributed by atoms with Gasteiger partial charge in [-0.3, -0.25) is 4.79 Å². The Morgan fingerprint density at radius 2 is 2.11 bits per heavy atom. The van der Waals surface area contributed by atoms with Crippen molar-refractivity contribution < 1.29 is 9.53 Å². The third-order valence-electron chi connectivity index (χ3n) is 4.03. The second-order valence-corrected chi connectivity index (χ2v) is 6.63. The number of nitriles is 1. The molecule has 0 saturated carbocycles. The zero-order chi connectivity index (χ0) is 20.7. The van der Waals surface area contributed by atoms with Crippen LogP contribution in [0.2, 0.25) is 5.02 Å². The third-order valence-corrected chi connectivity index (χ3v) is 4.36. The monoisotopic (exact) mass is 398 g/mol. The highest BCUT2D eigenvalue weighted by molar-refractivity contribution is 6.33. The molecule has 0 aliphatic rings. The van der Waals surface area contributed by atoms with E-state index >= 15 is 0 Å². The van der Waals surface area contributed by atoms with Crippen molar-refractivity contribution in [2.45, 2.75) is 26.8 Å². The Morgan fingerprint density at radius 1 is 1.36 bits per heavy atom. The van der Waals surface area contributed by atoms with Gasteiger partial charge in [-0.2, -0.15) is 5.26 Å². The van der Waals surface area contributed by atoms with Crippen LogP contribution in [-0.4, -0.2) is 12.5 Å². The molecule has 1 amide bonds. The van der Waals surface area contributed by atoms with E-state index in [1.165, 1.54) is 12.3 Å². The van der Waals surface area contributed by atoms with E-state index in [0.29, 0.717) is 23.0 Å². The molecule has 2 aromatic rings. The SMILES string of the molecule is CCOc1ccc(C)cc1C(C)N/C=C(/C#N)C(=O)Nc1ccc(N)c(Cl)c1. The standard InChI is InChI=1S/C21H23ClN4O2/c1-4-28-20-8-5-13(2)9-17(20)14(3)25-12-15(11-23)21(27)26-16-6-7-19(24)18(22)10-16/h5-10,12,14,25H,4,24H2,1-3H3,(H,26,27)/b15-12-. The van der Waals surface area contributed by atoms with Gasteiger partial charge in [-0.1, -0.05) is 29.3 Å². The molecular weight excluding hydrogens is 376 g/mol. The van der Waals surface area contributed by atoms with E-state index in [-0.39, 0.29) is 11.6 Å². The van der Waals surface area contributed by atoms with Crippen molar-refractivity contribution in [3.63, 3.8) is 0 Å². The lowest BCUT2D eigenvalue weighted by Gasteiger charge is -2.18. The number of halogens is 1. The van der Waals surface area contributed by atoms with Crippen molar-refractivity contribution in [3.05, 3.63) is 64.3 Å². The Labute approximate surface area is 169 Å². The number of nitrogen functional groups attached to an aromatic ring is 1. The highest BCUT2D eigenvalue weighted by Crippen LogP contribution is 2.27. The normalized spacial score (nSPS) is 12.0. The maximum absolute atomic E-state index is 12.4. The average Bonchev–Trinajstić information content (AvgIpc) is 2.66. The maximum Gasteiger partial charge on any atom is 0.267 e. The van der Waals surface area contributed by atoms with Crippen LogP contribution in [0.5, 0.6) is 5.75 Å². The number of carbonyl (C=O) groups is 1. The van der Waals surface area contributed by atoms with Crippen LogP contribution in [0.3, 0.4) is 0 Å². The highest BCUT2D eigenvalue weighted by atomic mass is 35.5. The number of aryl methyl sites for hydroxylation is 1. The molecular formula is C21H23ClN4O2. The summed E-state index contributed by atoms with van der Waals surface area (Å²) in [5.74, 6) is 0.221. The first-order valence-electron chi connectivity index (χ1n) is 8.81. The van der Waals surface area contributed by atoms with Crippen LogP contribution in [-0.2, 0) is 4.79 Å². The molecule has 1 atom stereocenters. The molecule has 0 spiro atoms. The number of anilines is 2. The van der Waals surface area contributed by atoms with Gasteiger partial charge >= 0.3 is 0 Å². The Bertz CT molecular complexity index is 934. The minimum absolute atomic E-state index is 0.0644. The van der Waals surface area contributed by atoms with Crippen molar-refractivity contribution in [1.82, 2.24) is 5.32 Å². The number of nitrogens with two attached hydrogens (primary N) is 1. The van der Waals surface area contributed by atoms with Crippen LogP contribution in [0.4, 0.5) is 11.4 Å². The number of nitrogens with zero attached hydrogens (tertiary/aromatic N) is 1. The Morgan fingerprint density at radius 3 is 2.75 bits per heavy atom. The zero-order valence-electron chi connectivity index (χ0n) is 16.0. The molecule has 2 aromatic carbocycles. The van der Waals surface area contributed by atoms with Crippen LogP contribution in [0.15, 0.2) is 48.2 Å². The largest absolute Gasteiger partial charge is 0.494 e. The average molecular weight is 399 g/mol. The lowest BCUT2D eigenvalue weighted by atomic mass is 10.0. The van der Waals surface area contributed by atoms with Crippen molar-refractivity contribution in [2.75, 3.05) is 17.7 Å². The molecule has 6 nitrogen and oxygen atoms in total. The molecule has 1 unspecified atom stereocenters. The van der Waals surface area contributed by atoms with Crippen LogP contribution >= 0.6 is 11.6 Å². The lowest BCUT2D eigenvalue weighted by Crippen LogP contribution is -2.19. The van der Waals surface area contributed by atoms with Gasteiger partial charge in [-0.15, -0.1) is 0 Å². The molecule has 28 heavy (non-hydrogen) atoms. The minimum Gasteiger partial charge on any atom is -0.494 e. The summed E-state index contributed by atoms with van der Waals surface area (Å²) in [5, 5.41) is 15.4. The highest BCUT2D eigenvalue weighted by Gasteiger charge is 2.14. The predicted octanol–water partition coefficient (Wildman–Crippen LogP) is 4.33. The molecule has 0 aliphatic carbocycles. The number of benzene rings is 2. The lowest BCUT2D eigenvalue weighted by molar-refractivity contribution is -0.112. The molecule has 0 saturated heterocycles. The van der Waals surface area contributed by atoms with E-state index < -0.39 is 5.91 Å². The Kier molecular flexibility index (Phi) is 7.30. The van der Waals surface area contributed by atoms with Crippen molar-refractivity contribution in [3.8, 4) is 11.8 Å². The Balaban J connectivity index is 2.14. The first-order valence-corrected chi connectivity index (χ1v) is 9.19. The van der Waals surface area contributed by atoms with Gasteiger partial charge in [0.1, 0.15) is 17.4 Å². The van der Waals surface area contributed by atoms with Gasteiger partial charge in [-0.05, 0) is 45.0 Å². The molecule has 7 heteroatoms. The molecule has 0 heterocycles. The first kappa shape index (κ1) is 21.1. The van der Waals surface area contributed by atoms with Gasteiger partial charge in [0.15, 0.2) is 0 Å². The van der Waals surface area contributed by atoms with Gasteiger partial charge in [0.25, 0.3) is 5.91 Å². The van der Waals surface area contributed by atoms with Crippen molar-refractivity contribution >= 4 is 28.9 Å². The minimum atomic E-state index is -0.544. The fourth-order valence-electron chi connectivity index (χ4n) is 2.54. The second kappa shape index (κ2) is 9.67. The number of amides is 1. The summed E-state index contributed by atoms with van der Waals surface area (Å²) in [6.07, 6.45) is 1.40. The molecule has 2 rings (SSSR count). The summed E-state index contributed by atoms with van der Waals surface area (Å²) in [6, 6.07) is 12.4. The molecule has 0 radical (unpaired) electrons. The number of carbonyl (C=O) groups excluding carboxylic acids is 1. The summed E-state index contributed by atoms with van der Waals surface area (Å²) >= 11 is 5.95. The van der Waals surface area contributed by atoms with E-state index in [1.54, 1.807) is 12.1 Å². The number of nitrogens with one attached hydrogen (secondary N) is 2. The topological polar surface area (TPSA) is 100 Å². The predicted molar refractivity (Wildman–Crippen MR) is 112 cm³/mol.